The molecule has 0 fully saturated rings. The topological polar surface area (TPSA) is 108 Å². The molecule has 254 valence electrons. The molecule has 0 aliphatic carbocycles. The number of nitrogens with zero attached hydrogens (tertiary/aromatic N) is 1. The van der Waals surface area contributed by atoms with Crippen molar-refractivity contribution in [3.63, 3.8) is 0 Å². The summed E-state index contributed by atoms with van der Waals surface area (Å²) in [6, 6.07) is 0. The minimum Gasteiger partial charge on any atom is -0.462 e. The Bertz CT molecular complexity index is 794. The van der Waals surface area contributed by atoms with Crippen LogP contribution in [0.2, 0.25) is 0 Å². The number of rotatable bonds is 27. The molecule has 0 aromatic rings. The maximum absolute atomic E-state index is 11.4. The van der Waals surface area contributed by atoms with Crippen molar-refractivity contribution >= 4 is 19.8 Å². The first-order valence-corrected chi connectivity index (χ1v) is 17.8. The molecule has 0 saturated carbocycles. The lowest BCUT2D eigenvalue weighted by Gasteiger charge is -2.23. The molecule has 43 heavy (non-hydrogen) atoms. The molecule has 0 amide bonds. The van der Waals surface area contributed by atoms with Crippen LogP contribution in [-0.4, -0.2) is 75.4 Å². The third-order valence-corrected chi connectivity index (χ3v) is 7.53. The smallest absolute Gasteiger partial charge is 0.462 e. The second-order valence-corrected chi connectivity index (χ2v) is 13.7. The van der Waals surface area contributed by atoms with Gasteiger partial charge in [0.25, 0.3) is 0 Å². The molecule has 10 heteroatoms. The number of unbranched alkanes of at least 4 members (excludes halogenated alkanes) is 15. The highest BCUT2D eigenvalue weighted by atomic mass is 31.2. The Hall–Kier alpha value is -1.51. The highest BCUT2D eigenvalue weighted by Gasteiger charge is 2.22. The predicted molar refractivity (Wildman–Crippen MR) is 176 cm³/mol. The van der Waals surface area contributed by atoms with Crippen molar-refractivity contribution in [2.24, 2.45) is 0 Å². The van der Waals surface area contributed by atoms with Gasteiger partial charge in [0.2, 0.25) is 0 Å². The zero-order valence-electron chi connectivity index (χ0n) is 28.5. The number of carbonyl (C=O) groups is 2. The fraction of sp³-hybridized carbons (Fsp3) is 0.818. The van der Waals surface area contributed by atoms with E-state index in [-0.39, 0.29) is 31.4 Å². The summed E-state index contributed by atoms with van der Waals surface area (Å²) < 4.78 is 31.2. The molecule has 0 rings (SSSR count). The number of quaternary nitrogens is 1. The predicted octanol–water partition coefficient (Wildman–Crippen LogP) is 8.31. The molecule has 0 spiro atoms. The first kappa shape index (κ1) is 43.6. The maximum atomic E-state index is 11.4. The van der Waals surface area contributed by atoms with Gasteiger partial charge in [-0.15, -0.1) is 0 Å². The van der Waals surface area contributed by atoms with Crippen LogP contribution in [0.4, 0.5) is 0 Å². The molecule has 0 aromatic carbocycles. The summed E-state index contributed by atoms with van der Waals surface area (Å²) in [5.41, 5.74) is 0.748. The van der Waals surface area contributed by atoms with Gasteiger partial charge >= 0.3 is 19.8 Å². The molecule has 0 bridgehead atoms. The molecule has 0 saturated heterocycles. The van der Waals surface area contributed by atoms with Crippen molar-refractivity contribution in [1.82, 2.24) is 0 Å². The minimum atomic E-state index is -4.09. The highest BCUT2D eigenvalue weighted by Crippen LogP contribution is 2.42. The Morgan fingerprint density at radius 1 is 0.605 bits per heavy atom. The van der Waals surface area contributed by atoms with Crippen LogP contribution in [0.15, 0.2) is 24.3 Å². The summed E-state index contributed by atoms with van der Waals surface area (Å²) >= 11 is 0. The Kier molecular flexibility index (Phi) is 28.4. The van der Waals surface area contributed by atoms with Crippen molar-refractivity contribution in [3.8, 4) is 0 Å². The Morgan fingerprint density at radius 3 is 1.33 bits per heavy atom. The Labute approximate surface area is 263 Å². The van der Waals surface area contributed by atoms with Gasteiger partial charge in [-0.2, -0.15) is 0 Å². The van der Waals surface area contributed by atoms with E-state index in [1.807, 2.05) is 21.1 Å². The van der Waals surface area contributed by atoms with Crippen molar-refractivity contribution in [2.45, 2.75) is 124 Å². The Morgan fingerprint density at radius 2 is 0.953 bits per heavy atom. The lowest BCUT2D eigenvalue weighted by molar-refractivity contribution is -0.870. The van der Waals surface area contributed by atoms with E-state index in [0.29, 0.717) is 23.2 Å². The van der Waals surface area contributed by atoms with Crippen LogP contribution in [0.3, 0.4) is 0 Å². The van der Waals surface area contributed by atoms with E-state index >= 15 is 0 Å². The summed E-state index contributed by atoms with van der Waals surface area (Å²) in [6.45, 7) is 13.3. The Balaban J connectivity index is 0. The molecular weight excluding hydrogens is 569 g/mol. The quantitative estimate of drug-likeness (QED) is 0.0316. The van der Waals surface area contributed by atoms with Gasteiger partial charge in [-0.25, -0.2) is 14.2 Å². The molecule has 1 unspecified atom stereocenters. The van der Waals surface area contributed by atoms with Crippen LogP contribution >= 0.6 is 7.82 Å². The number of carbonyl (C=O) groups excluding carboxylic acids is 2. The number of phosphoric acid groups is 1. The largest absolute Gasteiger partial charge is 0.472 e. The lowest BCUT2D eigenvalue weighted by Crippen LogP contribution is -2.37. The zero-order valence-corrected chi connectivity index (χ0v) is 29.4. The molecular formula is C33H65NO8P+. The standard InChI is InChI=1S/C22H42O2.C11H22NO6P/c1-4-5-6-7-8-9-10-11-12-13-14-15-16-17-18-19-20-24-22(23)21(2)3;1-10(2)11(13)16-8-9-18-19(14,15)17-7-6-12(3,4)5/h2,4-20H2,1,3H3;1,6-9H2,2-5H3/p+1. The monoisotopic (exact) mass is 634 g/mol. The lowest BCUT2D eigenvalue weighted by atomic mass is 10.0. The van der Waals surface area contributed by atoms with E-state index in [2.05, 4.69) is 24.6 Å². The van der Waals surface area contributed by atoms with Crippen LogP contribution in [-0.2, 0) is 32.7 Å². The summed E-state index contributed by atoms with van der Waals surface area (Å²) in [5.74, 6) is -0.821. The molecule has 0 aliphatic heterocycles. The molecule has 9 nitrogen and oxygen atoms in total. The SMILES string of the molecule is C=C(C)C(=O)OCCCCCCCCCCCCCCCCCC.C=C(C)C(=O)OCCOP(=O)(O)OCC[N+](C)(C)C. The summed E-state index contributed by atoms with van der Waals surface area (Å²) in [6.07, 6.45) is 21.7. The third-order valence-electron chi connectivity index (χ3n) is 6.52. The average molecular weight is 635 g/mol. The molecule has 1 atom stereocenters. The van der Waals surface area contributed by atoms with E-state index in [1.54, 1.807) is 6.92 Å². The number of esters is 2. The fourth-order valence-corrected chi connectivity index (χ4v) is 4.51. The number of hydrogen-bond acceptors (Lipinski definition) is 7. The fourth-order valence-electron chi connectivity index (χ4n) is 3.82. The normalized spacial score (nSPS) is 12.5. The summed E-state index contributed by atoms with van der Waals surface area (Å²) in [7, 11) is 1.72. The second-order valence-electron chi connectivity index (χ2n) is 12.3. The van der Waals surface area contributed by atoms with Crippen LogP contribution in [0.1, 0.15) is 124 Å². The van der Waals surface area contributed by atoms with Gasteiger partial charge in [0.05, 0.1) is 34.4 Å². The van der Waals surface area contributed by atoms with Gasteiger partial charge < -0.3 is 18.9 Å². The van der Waals surface area contributed by atoms with E-state index in [4.69, 9.17) is 14.0 Å². The van der Waals surface area contributed by atoms with E-state index in [1.165, 1.54) is 103 Å². The van der Waals surface area contributed by atoms with Crippen molar-refractivity contribution in [3.05, 3.63) is 24.3 Å². The minimum absolute atomic E-state index is 0.100. The van der Waals surface area contributed by atoms with Gasteiger partial charge in [-0.3, -0.25) is 9.05 Å². The van der Waals surface area contributed by atoms with Crippen molar-refractivity contribution in [2.75, 3.05) is 54.1 Å². The van der Waals surface area contributed by atoms with Gasteiger partial charge in [-0.1, -0.05) is 116 Å². The van der Waals surface area contributed by atoms with E-state index in [9.17, 15) is 19.0 Å². The number of hydrogen-bond donors (Lipinski definition) is 1. The zero-order chi connectivity index (χ0) is 33.0. The van der Waals surface area contributed by atoms with Crippen molar-refractivity contribution < 1.29 is 42.1 Å². The van der Waals surface area contributed by atoms with Crippen LogP contribution in [0, 0.1) is 0 Å². The molecule has 0 aromatic heterocycles. The average Bonchev–Trinajstić information content (AvgIpc) is 2.92. The van der Waals surface area contributed by atoms with Crippen molar-refractivity contribution in [1.29, 1.82) is 0 Å². The molecule has 1 N–H and O–H groups in total. The number of likely N-dealkylation sites (N-methyl/N-ethyl adjacent to an activating group) is 1. The number of ether oxygens (including phenoxy) is 2. The molecule has 0 aliphatic rings. The highest BCUT2D eigenvalue weighted by molar-refractivity contribution is 7.47. The van der Waals surface area contributed by atoms with Gasteiger partial charge in [0.1, 0.15) is 19.8 Å². The maximum Gasteiger partial charge on any atom is 0.472 e. The summed E-state index contributed by atoms with van der Waals surface area (Å²) in [4.78, 5) is 31.5. The first-order valence-electron chi connectivity index (χ1n) is 16.3. The molecule has 0 heterocycles. The van der Waals surface area contributed by atoms with Crippen LogP contribution < -0.4 is 0 Å². The third kappa shape index (κ3) is 34.8. The van der Waals surface area contributed by atoms with Crippen LogP contribution in [0.25, 0.3) is 0 Å². The number of phosphoric ester groups is 1. The van der Waals surface area contributed by atoms with Crippen LogP contribution in [0.5, 0.6) is 0 Å². The van der Waals surface area contributed by atoms with Gasteiger partial charge in [0.15, 0.2) is 0 Å². The van der Waals surface area contributed by atoms with Gasteiger partial charge in [0, 0.05) is 11.1 Å². The van der Waals surface area contributed by atoms with E-state index in [0.717, 1.165) is 6.42 Å². The van der Waals surface area contributed by atoms with E-state index < -0.39 is 13.8 Å². The first-order chi connectivity index (χ1) is 20.2. The van der Waals surface area contributed by atoms with Gasteiger partial charge in [-0.05, 0) is 20.3 Å². The summed E-state index contributed by atoms with van der Waals surface area (Å²) in [5, 5.41) is 0. The molecule has 0 radical (unpaired) electrons. The second kappa shape index (κ2) is 28.0.